The Kier molecular flexibility index (Phi) is 29.2. The van der Waals surface area contributed by atoms with Gasteiger partial charge in [-0.3, -0.25) is 4.79 Å². The first-order chi connectivity index (χ1) is 55.6. The minimum atomic E-state index is -0.829. The van der Waals surface area contributed by atoms with E-state index < -0.39 is 11.9 Å². The van der Waals surface area contributed by atoms with Crippen LogP contribution in [-0.4, -0.2) is 28.4 Å². The molecule has 25 atom stereocenters. The monoisotopic (exact) mass is 1610 g/mol. The normalized spacial score (nSPS) is 45.7. The average Bonchev–Trinajstić information content (AvgIpc) is 0.749. The van der Waals surface area contributed by atoms with Crippen LogP contribution in [0.2, 0.25) is 0 Å². The molecule has 10 unspecified atom stereocenters. The molecule has 0 spiro atoms. The maximum atomic E-state index is 11.2. The minimum Gasteiger partial charge on any atom is -0.481 e. The van der Waals surface area contributed by atoms with Gasteiger partial charge in [-0.2, -0.15) is 0 Å². The summed E-state index contributed by atoms with van der Waals surface area (Å²) in [6.45, 7) is 62.1. The van der Waals surface area contributed by atoms with Crippen LogP contribution in [0.25, 0.3) is 0 Å². The summed E-state index contributed by atoms with van der Waals surface area (Å²) in [5, 5.41) is 18.0. The van der Waals surface area contributed by atoms with Crippen molar-refractivity contribution in [2.45, 2.75) is 400 Å². The third-order valence-electron chi connectivity index (χ3n) is 39.2. The fourth-order valence-corrected chi connectivity index (χ4v) is 32.3. The lowest BCUT2D eigenvalue weighted by molar-refractivity contribution is -0.137. The summed E-state index contributed by atoms with van der Waals surface area (Å²) in [4.78, 5) is 33.1. The third-order valence-corrected chi connectivity index (χ3v) is 39.2. The van der Waals surface area contributed by atoms with Gasteiger partial charge in [0, 0.05) is 18.9 Å². The number of allylic oxidation sites excluding steroid dienone is 18. The van der Waals surface area contributed by atoms with Gasteiger partial charge in [-0.15, -0.1) is 32.9 Å². The molecule has 2 N–H and O–H groups in total. The number of rotatable bonds is 19. The molecule has 0 radical (unpaired) electrons. The van der Waals surface area contributed by atoms with E-state index in [-0.39, 0.29) is 27.1 Å². The number of carbonyl (C=O) groups excluding carboxylic acids is 1. The zero-order chi connectivity index (χ0) is 86.0. The van der Waals surface area contributed by atoms with Crippen LogP contribution < -0.4 is 0 Å². The summed E-state index contributed by atoms with van der Waals surface area (Å²) in [6, 6.07) is 0. The molecule has 118 heavy (non-hydrogen) atoms. The summed E-state index contributed by atoms with van der Waals surface area (Å²) in [5.41, 5.74) is 14.2. The number of carboxylic acid groups (broad SMARTS) is 2. The summed E-state index contributed by atoms with van der Waals surface area (Å²) >= 11 is 0. The minimum absolute atomic E-state index is 0.222. The van der Waals surface area contributed by atoms with Crippen molar-refractivity contribution in [3.05, 3.63) is 146 Å². The maximum absolute atomic E-state index is 11.2. The van der Waals surface area contributed by atoms with Crippen molar-refractivity contribution in [2.24, 2.45) is 140 Å². The Balaban J connectivity index is 0.000000145. The zero-order valence-corrected chi connectivity index (χ0v) is 79.2. The van der Waals surface area contributed by atoms with E-state index in [4.69, 9.17) is 10.2 Å². The SMILES string of the molecule is C=C[C@@]1(C)CC=C2C(CCC3[C@](C)(C/C=C/C(=O)O)CCC[C@@]23C)C1.C=C[C@@]1(C)CC=C2C(CCC3[C@](C)(C/C=C/C)CCC[C@@]23C)C1.C=C[C@@]1(C)CC=C2C(CCC3[C@](C)(CC=O)CCC[C@@]23C)C1.C=C[C@@]1(C)CC=C2C(CCC3[C@](C)(CCCC(=O)O)CCC[C@@]23C)C1.C=C[C@@]1(C)CC=C2C(CCC3[C@](C)(CCCC)CCC[C@@]23C)C1. The number of hydrogen-bond donors (Lipinski definition) is 2. The standard InChI is InChI=1S/C23H36O2.C23H34O2.C23H38.C23H36.C21H32O/c2*1-5-21(2)15-11-18-17(16-21)9-10-19-22(3,12-6-8-20(24)25)13-7-14-23(18,19)4;2*1-6-8-13-22(4)14-9-15-23(5)19-12-16-21(3,7-2)17-18(19)10-11-20(22)23;1-5-19(2)12-9-17-16(15-19)7-8-18-20(3,13-14-22)10-6-11-21(17,18)4/h5,11,17,19H,1,6-10,12-16H2,2-4H3,(H,24,25);5-6,8,11,17,19H,1,7,9-10,12-16H2,2-4H3,(H,24,25);7,12,18,20H,2,6,8-11,13-17H2,1,3-5H3;6-8,12,18,20H,2,9-11,13-17H2,1,3-5H3;5,9,14,16,18H,1,6-8,10-13,15H2,2-4H3/b;8-6+;;8-6+;/t2*17?,19?,21-,22+,23-;2*18?,20?,21-,22+,23-;16?,18?,19-,20-,21-/m00000/s1. The Morgan fingerprint density at radius 2 is 0.619 bits per heavy atom. The van der Waals surface area contributed by atoms with E-state index in [0.29, 0.717) is 72.4 Å². The van der Waals surface area contributed by atoms with Crippen LogP contribution in [0.5, 0.6) is 0 Å². The molecule has 5 nitrogen and oxygen atoms in total. The molecule has 15 aliphatic carbocycles. The summed E-state index contributed by atoms with van der Waals surface area (Å²) < 4.78 is 0. The van der Waals surface area contributed by atoms with Crippen molar-refractivity contribution in [1.82, 2.24) is 0 Å². The quantitative estimate of drug-likeness (QED) is 0.0764. The fraction of sp³-hybridized carbons (Fsp3) is 0.761. The lowest BCUT2D eigenvalue weighted by Gasteiger charge is -2.59. The number of unbranched alkanes of at least 4 members (excludes halogenated alkanes) is 1. The predicted octanol–water partition coefficient (Wildman–Crippen LogP) is 32.6. The first kappa shape index (κ1) is 94.2. The molecule has 10 fully saturated rings. The Morgan fingerprint density at radius 3 is 0.864 bits per heavy atom. The van der Waals surface area contributed by atoms with Crippen LogP contribution in [0.3, 0.4) is 0 Å². The van der Waals surface area contributed by atoms with Crippen LogP contribution in [0, 0.1) is 140 Å². The van der Waals surface area contributed by atoms with Gasteiger partial charge in [0.2, 0.25) is 0 Å². The van der Waals surface area contributed by atoms with Gasteiger partial charge in [0.15, 0.2) is 0 Å². The van der Waals surface area contributed by atoms with Crippen LogP contribution in [0.1, 0.15) is 400 Å². The van der Waals surface area contributed by atoms with Crippen molar-refractivity contribution in [3.8, 4) is 0 Å². The van der Waals surface area contributed by atoms with Gasteiger partial charge in [0.25, 0.3) is 0 Å². The van der Waals surface area contributed by atoms with E-state index >= 15 is 0 Å². The molecule has 0 aromatic heterocycles. The van der Waals surface area contributed by atoms with Gasteiger partial charge in [-0.1, -0.05) is 263 Å². The summed E-state index contributed by atoms with van der Waals surface area (Å²) in [7, 11) is 0. The number of aldehydes is 1. The van der Waals surface area contributed by atoms with Gasteiger partial charge >= 0.3 is 11.9 Å². The number of fused-ring (bicyclic) bond motifs is 15. The molecule has 0 heterocycles. The van der Waals surface area contributed by atoms with E-state index in [1.165, 1.54) is 244 Å². The Bertz CT molecular complexity index is 3840. The molecule has 10 saturated carbocycles. The second-order valence-electron chi connectivity index (χ2n) is 47.8. The molecule has 0 bridgehead atoms. The number of carbonyl (C=O) groups is 3. The van der Waals surface area contributed by atoms with Crippen LogP contribution in [0.15, 0.2) is 146 Å². The van der Waals surface area contributed by atoms with Crippen molar-refractivity contribution in [1.29, 1.82) is 0 Å². The highest BCUT2D eigenvalue weighted by Crippen LogP contribution is 2.71. The predicted molar refractivity (Wildman–Crippen MR) is 502 cm³/mol. The second kappa shape index (κ2) is 36.6. The van der Waals surface area contributed by atoms with Crippen molar-refractivity contribution < 1.29 is 24.6 Å². The van der Waals surface area contributed by atoms with Gasteiger partial charge in [0.05, 0.1) is 0 Å². The molecular weight excluding hydrogens is 1440 g/mol. The lowest BCUT2D eigenvalue weighted by Crippen LogP contribution is -2.50. The van der Waals surface area contributed by atoms with Gasteiger partial charge in [-0.05, 0) is 372 Å². The average molecular weight is 1610 g/mol. The van der Waals surface area contributed by atoms with E-state index in [1.54, 1.807) is 16.7 Å². The Hall–Kier alpha value is -4.51. The van der Waals surface area contributed by atoms with Gasteiger partial charge in [0.1, 0.15) is 6.29 Å². The third kappa shape index (κ3) is 18.9. The second-order valence-corrected chi connectivity index (χ2v) is 47.8. The lowest BCUT2D eigenvalue weighted by atomic mass is 9.45. The van der Waals surface area contributed by atoms with Gasteiger partial charge in [-0.25, -0.2) is 4.79 Å². The molecule has 5 heteroatoms. The van der Waals surface area contributed by atoms with Crippen LogP contribution >= 0.6 is 0 Å². The molecule has 0 amide bonds. The van der Waals surface area contributed by atoms with E-state index in [0.717, 1.165) is 92.3 Å². The summed E-state index contributed by atoms with van der Waals surface area (Å²) in [6.07, 6.45) is 88.2. The highest BCUT2D eigenvalue weighted by molar-refractivity contribution is 5.79. The molecule has 658 valence electrons. The highest BCUT2D eigenvalue weighted by Gasteiger charge is 2.61. The highest BCUT2D eigenvalue weighted by atomic mass is 16.4. The first-order valence-corrected chi connectivity index (χ1v) is 49.4. The van der Waals surface area contributed by atoms with Crippen molar-refractivity contribution in [2.75, 3.05) is 0 Å². The van der Waals surface area contributed by atoms with Gasteiger partial charge < -0.3 is 15.0 Å². The van der Waals surface area contributed by atoms with E-state index in [9.17, 15) is 14.4 Å². The van der Waals surface area contributed by atoms with E-state index in [2.05, 4.69) is 224 Å². The maximum Gasteiger partial charge on any atom is 0.327 e. The van der Waals surface area contributed by atoms with E-state index in [1.807, 2.05) is 17.2 Å². The topological polar surface area (TPSA) is 91.7 Å². The molecule has 0 aromatic carbocycles. The molecule has 0 aromatic rings. The Morgan fingerprint density at radius 1 is 0.364 bits per heavy atom. The molecule has 15 rings (SSSR count). The molecule has 0 saturated heterocycles. The number of aliphatic carboxylic acids is 2. The fourth-order valence-electron chi connectivity index (χ4n) is 32.3. The largest absolute Gasteiger partial charge is 0.481 e. The smallest absolute Gasteiger partial charge is 0.327 e. The molecule has 15 aliphatic rings. The Labute approximate surface area is 724 Å². The van der Waals surface area contributed by atoms with Crippen molar-refractivity contribution >= 4 is 18.2 Å². The zero-order valence-electron chi connectivity index (χ0n) is 79.2. The van der Waals surface area contributed by atoms with Crippen molar-refractivity contribution in [3.63, 3.8) is 0 Å². The first-order valence-electron chi connectivity index (χ1n) is 49.4. The molecule has 0 aliphatic heterocycles. The summed E-state index contributed by atoms with van der Waals surface area (Å²) in [5.74, 6) is 6.25. The number of carboxylic acids is 2. The number of hydrogen-bond acceptors (Lipinski definition) is 3. The van der Waals surface area contributed by atoms with Crippen LogP contribution in [-0.2, 0) is 14.4 Å². The molecular formula is C113H176O5. The van der Waals surface area contributed by atoms with Crippen LogP contribution in [0.4, 0.5) is 0 Å².